The molecular weight excluding hydrogens is 136 g/mol. The highest BCUT2D eigenvalue weighted by Crippen LogP contribution is 2.21. The van der Waals surface area contributed by atoms with E-state index in [9.17, 15) is 0 Å². The number of ether oxygens (including phenoxy) is 1. The van der Waals surface area contributed by atoms with Gasteiger partial charge in [-0.1, -0.05) is 0 Å². The first-order valence-electron chi connectivity index (χ1n) is 3.32. The van der Waals surface area contributed by atoms with Crippen LogP contribution in [-0.4, -0.2) is 40.4 Å². The summed E-state index contributed by atoms with van der Waals surface area (Å²) in [5.74, 6) is 0. The molecule has 0 spiro atoms. The number of hydrogen-bond donors (Lipinski definition) is 3. The molecule has 0 amide bonds. The second-order valence-corrected chi connectivity index (χ2v) is 2.52. The van der Waals surface area contributed by atoms with E-state index >= 15 is 0 Å². The first-order chi connectivity index (χ1) is 4.74. The van der Waals surface area contributed by atoms with E-state index in [4.69, 9.17) is 20.1 Å². The summed E-state index contributed by atoms with van der Waals surface area (Å²) in [4.78, 5) is 0. The van der Waals surface area contributed by atoms with Crippen LogP contribution < -0.4 is 0 Å². The van der Waals surface area contributed by atoms with Crippen molar-refractivity contribution in [2.24, 2.45) is 0 Å². The molecule has 0 aromatic heterocycles. The summed E-state index contributed by atoms with van der Waals surface area (Å²) in [5, 5.41) is 26.3. The maximum atomic E-state index is 8.98. The Hall–Kier alpha value is -0.160. The lowest BCUT2D eigenvalue weighted by Gasteiger charge is -2.06. The van der Waals surface area contributed by atoms with E-state index in [1.807, 2.05) is 0 Å². The average molecular weight is 148 g/mol. The summed E-state index contributed by atoms with van der Waals surface area (Å²) >= 11 is 0. The minimum atomic E-state index is -0.684. The monoisotopic (exact) mass is 148 g/mol. The molecule has 1 aliphatic carbocycles. The van der Waals surface area contributed by atoms with Gasteiger partial charge in [-0.25, -0.2) is 0 Å². The van der Waals surface area contributed by atoms with E-state index in [0.717, 1.165) is 0 Å². The van der Waals surface area contributed by atoms with Crippen molar-refractivity contribution in [2.75, 3.05) is 6.79 Å². The fraction of sp³-hybridized carbons (Fsp3) is 1.00. The predicted molar refractivity (Wildman–Crippen MR) is 33.2 cm³/mol. The fourth-order valence-electron chi connectivity index (χ4n) is 1.19. The molecule has 0 aliphatic heterocycles. The number of aliphatic hydroxyl groups is 3. The van der Waals surface area contributed by atoms with Crippen molar-refractivity contribution in [2.45, 2.75) is 31.2 Å². The van der Waals surface area contributed by atoms with Crippen LogP contribution in [0.2, 0.25) is 0 Å². The third-order valence-electron chi connectivity index (χ3n) is 1.76. The molecular formula is C6H12O4. The normalized spacial score (nSPS) is 40.5. The summed E-state index contributed by atoms with van der Waals surface area (Å²) in [7, 11) is 0. The smallest absolute Gasteiger partial charge is 0.143 e. The summed E-state index contributed by atoms with van der Waals surface area (Å²) in [6.45, 7) is -0.343. The Balaban J connectivity index is 2.27. The van der Waals surface area contributed by atoms with Gasteiger partial charge in [0.05, 0.1) is 18.3 Å². The number of rotatable bonds is 2. The van der Waals surface area contributed by atoms with Gasteiger partial charge in [-0.15, -0.1) is 0 Å². The maximum Gasteiger partial charge on any atom is 0.143 e. The van der Waals surface area contributed by atoms with Gasteiger partial charge in [0.25, 0.3) is 0 Å². The Bertz CT molecular complexity index is 95.9. The average Bonchev–Trinajstić information content (AvgIpc) is 2.14. The van der Waals surface area contributed by atoms with Crippen LogP contribution in [0.1, 0.15) is 12.8 Å². The predicted octanol–water partition coefficient (Wildman–Crippen LogP) is -1.16. The van der Waals surface area contributed by atoms with Crippen molar-refractivity contribution in [3.8, 4) is 0 Å². The molecule has 2 atom stereocenters. The van der Waals surface area contributed by atoms with Crippen molar-refractivity contribution in [1.82, 2.24) is 0 Å². The zero-order chi connectivity index (χ0) is 7.56. The molecule has 4 heteroatoms. The molecule has 1 rings (SSSR count). The number of aliphatic hydroxyl groups excluding tert-OH is 3. The first kappa shape index (κ1) is 7.94. The minimum Gasteiger partial charge on any atom is -0.390 e. The molecule has 1 fully saturated rings. The van der Waals surface area contributed by atoms with Crippen molar-refractivity contribution >= 4 is 0 Å². The second-order valence-electron chi connectivity index (χ2n) is 2.52. The molecule has 0 aromatic rings. The van der Waals surface area contributed by atoms with Crippen LogP contribution in [0.3, 0.4) is 0 Å². The Morgan fingerprint density at radius 2 is 1.70 bits per heavy atom. The maximum absolute atomic E-state index is 8.98. The van der Waals surface area contributed by atoms with Gasteiger partial charge in [0.2, 0.25) is 0 Å². The van der Waals surface area contributed by atoms with E-state index in [0.29, 0.717) is 12.8 Å². The zero-order valence-corrected chi connectivity index (χ0v) is 5.60. The highest BCUT2D eigenvalue weighted by Gasteiger charge is 2.31. The van der Waals surface area contributed by atoms with E-state index in [2.05, 4.69) is 0 Å². The molecule has 0 heterocycles. The molecule has 0 bridgehead atoms. The van der Waals surface area contributed by atoms with E-state index < -0.39 is 12.2 Å². The zero-order valence-electron chi connectivity index (χ0n) is 5.60. The van der Waals surface area contributed by atoms with E-state index in [1.165, 1.54) is 0 Å². The Labute approximate surface area is 59.1 Å². The van der Waals surface area contributed by atoms with Crippen LogP contribution in [0, 0.1) is 0 Å². The topological polar surface area (TPSA) is 69.9 Å². The van der Waals surface area contributed by atoms with E-state index in [-0.39, 0.29) is 12.9 Å². The van der Waals surface area contributed by atoms with Crippen LogP contribution in [-0.2, 0) is 4.74 Å². The molecule has 0 saturated heterocycles. The Morgan fingerprint density at radius 1 is 1.20 bits per heavy atom. The SMILES string of the molecule is OCOC1CC(O)C(O)C1. The van der Waals surface area contributed by atoms with Crippen molar-refractivity contribution in [3.63, 3.8) is 0 Å². The van der Waals surface area contributed by atoms with Gasteiger partial charge in [0.15, 0.2) is 0 Å². The van der Waals surface area contributed by atoms with Crippen molar-refractivity contribution < 1.29 is 20.1 Å². The lowest BCUT2D eigenvalue weighted by Crippen LogP contribution is -2.17. The lowest BCUT2D eigenvalue weighted by molar-refractivity contribution is -0.0512. The lowest BCUT2D eigenvalue weighted by atomic mass is 10.3. The van der Waals surface area contributed by atoms with Crippen LogP contribution in [0.5, 0.6) is 0 Å². The summed E-state index contributed by atoms with van der Waals surface area (Å²) in [5.41, 5.74) is 0. The summed E-state index contributed by atoms with van der Waals surface area (Å²) in [6.07, 6.45) is -0.716. The van der Waals surface area contributed by atoms with Gasteiger partial charge in [0, 0.05) is 12.8 Å². The number of hydrogen-bond acceptors (Lipinski definition) is 4. The molecule has 1 aliphatic rings. The third kappa shape index (κ3) is 1.67. The van der Waals surface area contributed by atoms with Gasteiger partial charge < -0.3 is 20.1 Å². The first-order valence-corrected chi connectivity index (χ1v) is 3.32. The quantitative estimate of drug-likeness (QED) is 0.432. The molecule has 0 aromatic carbocycles. The molecule has 3 N–H and O–H groups in total. The largest absolute Gasteiger partial charge is 0.390 e. The van der Waals surface area contributed by atoms with Crippen LogP contribution in [0.4, 0.5) is 0 Å². The standard InChI is InChI=1S/C6H12O4/c7-3-10-4-1-5(8)6(9)2-4/h4-9H,1-3H2. The van der Waals surface area contributed by atoms with Crippen molar-refractivity contribution in [1.29, 1.82) is 0 Å². The third-order valence-corrected chi connectivity index (χ3v) is 1.76. The van der Waals surface area contributed by atoms with Crippen molar-refractivity contribution in [3.05, 3.63) is 0 Å². The highest BCUT2D eigenvalue weighted by molar-refractivity contribution is 4.82. The van der Waals surface area contributed by atoms with Gasteiger partial charge in [-0.05, 0) is 0 Å². The molecule has 4 nitrogen and oxygen atoms in total. The second kappa shape index (κ2) is 3.30. The van der Waals surface area contributed by atoms with Crippen LogP contribution in [0.15, 0.2) is 0 Å². The minimum absolute atomic E-state index is 0.185. The van der Waals surface area contributed by atoms with Gasteiger partial charge in [-0.3, -0.25) is 0 Å². The summed E-state index contributed by atoms with van der Waals surface area (Å²) in [6, 6.07) is 0. The molecule has 0 radical (unpaired) electrons. The Morgan fingerprint density at radius 3 is 2.10 bits per heavy atom. The van der Waals surface area contributed by atoms with E-state index in [1.54, 1.807) is 0 Å². The van der Waals surface area contributed by atoms with Crippen LogP contribution >= 0.6 is 0 Å². The fourth-order valence-corrected chi connectivity index (χ4v) is 1.19. The molecule has 1 saturated carbocycles. The van der Waals surface area contributed by atoms with Gasteiger partial charge >= 0.3 is 0 Å². The summed E-state index contributed by atoms with van der Waals surface area (Å²) < 4.78 is 4.78. The molecule has 60 valence electrons. The molecule has 10 heavy (non-hydrogen) atoms. The van der Waals surface area contributed by atoms with Gasteiger partial charge in [-0.2, -0.15) is 0 Å². The van der Waals surface area contributed by atoms with Crippen LogP contribution in [0.25, 0.3) is 0 Å². The molecule has 2 unspecified atom stereocenters. The highest BCUT2D eigenvalue weighted by atomic mass is 16.6. The van der Waals surface area contributed by atoms with Gasteiger partial charge in [0.1, 0.15) is 6.79 Å². The Kier molecular flexibility index (Phi) is 2.62.